The van der Waals surface area contributed by atoms with Crippen LogP contribution in [0.4, 0.5) is 0 Å². The van der Waals surface area contributed by atoms with Crippen molar-refractivity contribution in [2.24, 2.45) is 0 Å². The van der Waals surface area contributed by atoms with Crippen LogP contribution in [-0.2, 0) is 22.6 Å². The SMILES string of the molecule is CCC(=O)NC1Cc2cccc(C(=O)OCc3ccccc3)c2OB1O. The van der Waals surface area contributed by atoms with Crippen LogP contribution in [-0.4, -0.2) is 30.0 Å². The molecule has 0 aromatic heterocycles. The van der Waals surface area contributed by atoms with Gasteiger partial charge in [-0.3, -0.25) is 4.79 Å². The zero-order valence-electron chi connectivity index (χ0n) is 14.5. The Bertz CT molecular complexity index is 796. The molecule has 1 heterocycles. The molecule has 0 saturated carbocycles. The lowest BCUT2D eigenvalue weighted by atomic mass is 9.72. The molecule has 2 aromatic rings. The third-order valence-electron chi connectivity index (χ3n) is 4.22. The molecule has 26 heavy (non-hydrogen) atoms. The van der Waals surface area contributed by atoms with Crippen molar-refractivity contribution in [3.63, 3.8) is 0 Å². The predicted octanol–water partition coefficient (Wildman–Crippen LogP) is 1.89. The van der Waals surface area contributed by atoms with E-state index in [1.54, 1.807) is 25.1 Å². The van der Waals surface area contributed by atoms with E-state index in [-0.39, 0.29) is 18.1 Å². The van der Waals surface area contributed by atoms with Crippen molar-refractivity contribution in [3.05, 3.63) is 65.2 Å². The highest BCUT2D eigenvalue weighted by Crippen LogP contribution is 2.30. The van der Waals surface area contributed by atoms with Crippen molar-refractivity contribution in [2.75, 3.05) is 0 Å². The van der Waals surface area contributed by atoms with E-state index in [9.17, 15) is 14.6 Å². The van der Waals surface area contributed by atoms with Crippen LogP contribution in [0.15, 0.2) is 48.5 Å². The van der Waals surface area contributed by atoms with Crippen molar-refractivity contribution in [1.29, 1.82) is 0 Å². The molecule has 0 fully saturated rings. The van der Waals surface area contributed by atoms with E-state index in [0.717, 1.165) is 11.1 Å². The van der Waals surface area contributed by atoms with Gasteiger partial charge in [-0.15, -0.1) is 0 Å². The summed E-state index contributed by atoms with van der Waals surface area (Å²) in [4.78, 5) is 24.0. The largest absolute Gasteiger partial charge is 0.547 e. The third-order valence-corrected chi connectivity index (χ3v) is 4.22. The minimum Gasteiger partial charge on any atom is -0.534 e. The number of esters is 1. The highest BCUT2D eigenvalue weighted by atomic mass is 16.5. The number of ether oxygens (including phenoxy) is 1. The Hall–Kier alpha value is -2.80. The Morgan fingerprint density at radius 2 is 2.00 bits per heavy atom. The van der Waals surface area contributed by atoms with Gasteiger partial charge in [-0.1, -0.05) is 49.4 Å². The Morgan fingerprint density at radius 1 is 1.23 bits per heavy atom. The van der Waals surface area contributed by atoms with E-state index in [2.05, 4.69) is 5.32 Å². The molecule has 1 aliphatic rings. The molecule has 1 aliphatic heterocycles. The highest BCUT2D eigenvalue weighted by molar-refractivity contribution is 6.47. The lowest BCUT2D eigenvalue weighted by molar-refractivity contribution is -0.121. The van der Waals surface area contributed by atoms with Crippen LogP contribution in [0.3, 0.4) is 0 Å². The summed E-state index contributed by atoms with van der Waals surface area (Å²) in [7, 11) is -1.22. The molecule has 0 aliphatic carbocycles. The van der Waals surface area contributed by atoms with E-state index in [1.165, 1.54) is 0 Å². The van der Waals surface area contributed by atoms with Crippen molar-refractivity contribution in [1.82, 2.24) is 5.32 Å². The van der Waals surface area contributed by atoms with Gasteiger partial charge in [-0.05, 0) is 23.6 Å². The van der Waals surface area contributed by atoms with Crippen LogP contribution < -0.4 is 9.97 Å². The number of carbonyl (C=O) groups excluding carboxylic acids is 2. The van der Waals surface area contributed by atoms with E-state index in [0.29, 0.717) is 18.6 Å². The number of rotatable bonds is 5. The Morgan fingerprint density at radius 3 is 2.73 bits per heavy atom. The van der Waals surface area contributed by atoms with Crippen molar-refractivity contribution < 1.29 is 24.0 Å². The standard InChI is InChI=1S/C19H20BNO5/c1-2-17(22)21-16-11-14-9-6-10-15(18(14)26-20(16)24)19(23)25-12-13-7-4-3-5-8-13/h3-10,16,24H,2,11-12H2,1H3,(H,21,22). The molecule has 1 unspecified atom stereocenters. The van der Waals surface area contributed by atoms with Gasteiger partial charge in [0.1, 0.15) is 17.9 Å². The van der Waals surface area contributed by atoms with Crippen LogP contribution >= 0.6 is 0 Å². The summed E-state index contributed by atoms with van der Waals surface area (Å²) in [6.07, 6.45) is 0.698. The summed E-state index contributed by atoms with van der Waals surface area (Å²) in [6, 6.07) is 14.5. The molecular formula is C19H20BNO5. The van der Waals surface area contributed by atoms with E-state index < -0.39 is 19.0 Å². The van der Waals surface area contributed by atoms with Gasteiger partial charge in [0.05, 0.1) is 5.94 Å². The average Bonchev–Trinajstić information content (AvgIpc) is 2.67. The molecule has 134 valence electrons. The second-order valence-electron chi connectivity index (χ2n) is 6.10. The molecule has 0 radical (unpaired) electrons. The third kappa shape index (κ3) is 4.05. The van der Waals surface area contributed by atoms with Gasteiger partial charge in [-0.2, -0.15) is 0 Å². The van der Waals surface area contributed by atoms with Gasteiger partial charge in [0.15, 0.2) is 0 Å². The van der Waals surface area contributed by atoms with Crippen LogP contribution in [0.1, 0.15) is 34.8 Å². The minimum atomic E-state index is -1.22. The minimum absolute atomic E-state index is 0.154. The van der Waals surface area contributed by atoms with Crippen molar-refractivity contribution in [3.8, 4) is 5.75 Å². The predicted molar refractivity (Wildman–Crippen MR) is 96.5 cm³/mol. The summed E-state index contributed by atoms with van der Waals surface area (Å²) >= 11 is 0. The first-order valence-electron chi connectivity index (χ1n) is 8.55. The fraction of sp³-hybridized carbons (Fsp3) is 0.263. The first-order valence-corrected chi connectivity index (χ1v) is 8.55. The zero-order chi connectivity index (χ0) is 18.5. The van der Waals surface area contributed by atoms with Crippen LogP contribution in [0.5, 0.6) is 5.75 Å². The molecule has 2 aromatic carbocycles. The summed E-state index contributed by atoms with van der Waals surface area (Å²) in [5, 5.41) is 12.9. The van der Waals surface area contributed by atoms with E-state index in [4.69, 9.17) is 9.39 Å². The van der Waals surface area contributed by atoms with E-state index in [1.807, 2.05) is 30.3 Å². The fourth-order valence-electron chi connectivity index (χ4n) is 2.82. The normalized spacial score (nSPS) is 15.6. The summed E-state index contributed by atoms with van der Waals surface area (Å²) < 4.78 is 10.9. The maximum Gasteiger partial charge on any atom is 0.547 e. The monoisotopic (exact) mass is 353 g/mol. The maximum absolute atomic E-state index is 12.4. The van der Waals surface area contributed by atoms with Gasteiger partial charge >= 0.3 is 13.1 Å². The van der Waals surface area contributed by atoms with E-state index >= 15 is 0 Å². The number of fused-ring (bicyclic) bond motifs is 1. The molecule has 1 amide bonds. The zero-order valence-corrected chi connectivity index (χ0v) is 14.5. The molecule has 3 rings (SSSR count). The lowest BCUT2D eigenvalue weighted by Crippen LogP contribution is -2.53. The molecule has 0 saturated heterocycles. The number of amides is 1. The number of nitrogens with one attached hydrogen (secondary N) is 1. The molecule has 0 bridgehead atoms. The number of para-hydroxylation sites is 1. The Balaban J connectivity index is 1.74. The quantitative estimate of drug-likeness (QED) is 0.634. The molecule has 7 heteroatoms. The molecule has 2 N–H and O–H groups in total. The second kappa shape index (κ2) is 8.06. The maximum atomic E-state index is 12.4. The van der Waals surface area contributed by atoms with Gasteiger partial charge < -0.3 is 19.7 Å². The molecule has 1 atom stereocenters. The second-order valence-corrected chi connectivity index (χ2v) is 6.10. The number of carbonyl (C=O) groups is 2. The first-order chi connectivity index (χ1) is 12.6. The van der Waals surface area contributed by atoms with Gasteiger partial charge in [0, 0.05) is 6.42 Å². The first kappa shape index (κ1) is 18.0. The molecule has 6 nitrogen and oxygen atoms in total. The van der Waals surface area contributed by atoms with Crippen LogP contribution in [0.25, 0.3) is 0 Å². The van der Waals surface area contributed by atoms with Gasteiger partial charge in [0.2, 0.25) is 5.91 Å². The summed E-state index contributed by atoms with van der Waals surface area (Å²) in [5.74, 6) is -0.931. The average molecular weight is 353 g/mol. The van der Waals surface area contributed by atoms with Crippen LogP contribution in [0, 0.1) is 0 Å². The fourth-order valence-corrected chi connectivity index (χ4v) is 2.82. The lowest BCUT2D eigenvalue weighted by Gasteiger charge is -2.29. The highest BCUT2D eigenvalue weighted by Gasteiger charge is 2.37. The molecule has 0 spiro atoms. The van der Waals surface area contributed by atoms with Crippen LogP contribution in [0.2, 0.25) is 0 Å². The van der Waals surface area contributed by atoms with Gasteiger partial charge in [-0.25, -0.2) is 4.79 Å². The number of benzene rings is 2. The number of hydrogen-bond donors (Lipinski definition) is 2. The van der Waals surface area contributed by atoms with Gasteiger partial charge in [0.25, 0.3) is 0 Å². The topological polar surface area (TPSA) is 84.9 Å². The Labute approximate surface area is 152 Å². The summed E-state index contributed by atoms with van der Waals surface area (Å²) in [5.41, 5.74) is 1.89. The van der Waals surface area contributed by atoms with Crippen molar-refractivity contribution >= 4 is 19.0 Å². The smallest absolute Gasteiger partial charge is 0.534 e. The van der Waals surface area contributed by atoms with Crippen molar-refractivity contribution in [2.45, 2.75) is 32.3 Å². The number of hydrogen-bond acceptors (Lipinski definition) is 5. The Kier molecular flexibility index (Phi) is 5.58. The summed E-state index contributed by atoms with van der Waals surface area (Å²) in [6.45, 7) is 1.89. The molecular weight excluding hydrogens is 333 g/mol.